The molecule has 2 amide bonds. The molecule has 0 atom stereocenters. The van der Waals surface area contributed by atoms with Crippen molar-refractivity contribution in [1.82, 2.24) is 5.32 Å². The van der Waals surface area contributed by atoms with Crippen molar-refractivity contribution in [3.63, 3.8) is 0 Å². The van der Waals surface area contributed by atoms with Crippen LogP contribution < -0.4 is 16.0 Å². The minimum absolute atomic E-state index is 0.0609. The maximum absolute atomic E-state index is 12.2. The lowest BCUT2D eigenvalue weighted by Gasteiger charge is -2.13. The second-order valence-electron chi connectivity index (χ2n) is 4.98. The van der Waals surface area contributed by atoms with Crippen LogP contribution >= 0.6 is 35.4 Å². The van der Waals surface area contributed by atoms with Crippen molar-refractivity contribution < 1.29 is 9.59 Å². The number of rotatable bonds is 4. The number of anilines is 2. The highest BCUT2D eigenvalue weighted by atomic mass is 35.5. The van der Waals surface area contributed by atoms with Gasteiger partial charge in [0.25, 0.3) is 5.91 Å². The summed E-state index contributed by atoms with van der Waals surface area (Å²) in [6.07, 6.45) is 0.359. The Labute approximate surface area is 160 Å². The van der Waals surface area contributed by atoms with Crippen LogP contribution in [0.5, 0.6) is 0 Å². The Kier molecular flexibility index (Phi) is 6.75. The molecule has 0 unspecified atom stereocenters. The second-order valence-corrected chi connectivity index (χ2v) is 6.21. The van der Waals surface area contributed by atoms with Crippen LogP contribution in [0.15, 0.2) is 42.5 Å². The summed E-state index contributed by atoms with van der Waals surface area (Å²) in [6.45, 7) is 1.75. The molecule has 5 nitrogen and oxygen atoms in total. The van der Waals surface area contributed by atoms with E-state index >= 15 is 0 Å². The molecule has 2 aromatic carbocycles. The molecule has 8 heteroatoms. The summed E-state index contributed by atoms with van der Waals surface area (Å²) >= 11 is 17.2. The van der Waals surface area contributed by atoms with Crippen molar-refractivity contribution in [2.45, 2.75) is 13.3 Å². The highest BCUT2D eigenvalue weighted by Gasteiger charge is 2.12. The first kappa shape index (κ1) is 19.2. The molecule has 0 fully saturated rings. The number of hydrogen-bond donors (Lipinski definition) is 3. The first-order valence-corrected chi connectivity index (χ1v) is 8.53. The van der Waals surface area contributed by atoms with Crippen molar-refractivity contribution in [3.05, 3.63) is 58.1 Å². The lowest BCUT2D eigenvalue weighted by molar-refractivity contribution is -0.115. The highest BCUT2D eigenvalue weighted by molar-refractivity contribution is 7.80. The molecular formula is C17H15Cl2N3O2S. The fourth-order valence-corrected chi connectivity index (χ4v) is 2.51. The summed E-state index contributed by atoms with van der Waals surface area (Å²) in [5.41, 5.74) is 1.34. The summed E-state index contributed by atoms with van der Waals surface area (Å²) in [6, 6.07) is 11.6. The summed E-state index contributed by atoms with van der Waals surface area (Å²) < 4.78 is 0. The van der Waals surface area contributed by atoms with Crippen molar-refractivity contribution in [3.8, 4) is 0 Å². The third kappa shape index (κ3) is 5.42. The molecule has 0 aliphatic rings. The largest absolute Gasteiger partial charge is 0.331 e. The van der Waals surface area contributed by atoms with Gasteiger partial charge >= 0.3 is 0 Å². The fraction of sp³-hybridized carbons (Fsp3) is 0.118. The Hall–Kier alpha value is -2.15. The van der Waals surface area contributed by atoms with Gasteiger partial charge in [0, 0.05) is 12.1 Å². The molecule has 0 bridgehead atoms. The molecule has 0 aromatic heterocycles. The van der Waals surface area contributed by atoms with E-state index in [1.807, 2.05) is 0 Å². The van der Waals surface area contributed by atoms with Gasteiger partial charge in [-0.25, -0.2) is 0 Å². The van der Waals surface area contributed by atoms with Crippen LogP contribution in [0.4, 0.5) is 11.4 Å². The fourth-order valence-electron chi connectivity index (χ4n) is 1.92. The Morgan fingerprint density at radius 2 is 1.76 bits per heavy atom. The average molecular weight is 396 g/mol. The summed E-state index contributed by atoms with van der Waals surface area (Å²) in [7, 11) is 0. The second kappa shape index (κ2) is 8.80. The maximum atomic E-state index is 12.2. The van der Waals surface area contributed by atoms with E-state index in [1.165, 1.54) is 0 Å². The predicted molar refractivity (Wildman–Crippen MR) is 106 cm³/mol. The smallest absolute Gasteiger partial charge is 0.258 e. The van der Waals surface area contributed by atoms with E-state index in [9.17, 15) is 9.59 Å². The van der Waals surface area contributed by atoms with Crippen LogP contribution in [0.25, 0.3) is 0 Å². The summed E-state index contributed by atoms with van der Waals surface area (Å²) in [4.78, 5) is 23.7. The molecular weight excluding hydrogens is 381 g/mol. The molecule has 25 heavy (non-hydrogen) atoms. The van der Waals surface area contributed by atoms with E-state index in [4.69, 9.17) is 35.4 Å². The molecule has 2 aromatic rings. The topological polar surface area (TPSA) is 70.2 Å². The number of thiocarbonyl (C=S) groups is 1. The number of nitrogens with one attached hydrogen (secondary N) is 3. The third-order valence-corrected chi connectivity index (χ3v) is 4.03. The Bertz CT molecular complexity index is 827. The van der Waals surface area contributed by atoms with E-state index in [-0.39, 0.29) is 11.0 Å². The quantitative estimate of drug-likeness (QED) is 0.667. The molecule has 0 saturated heterocycles. The van der Waals surface area contributed by atoms with Gasteiger partial charge in [-0.1, -0.05) is 42.3 Å². The molecule has 0 aliphatic heterocycles. The Morgan fingerprint density at radius 3 is 2.44 bits per heavy atom. The molecule has 0 saturated carbocycles. The number of hydrogen-bond acceptors (Lipinski definition) is 3. The van der Waals surface area contributed by atoms with Crippen LogP contribution in [-0.2, 0) is 4.79 Å². The number of carbonyl (C=O) groups excluding carboxylic acids is 2. The lowest BCUT2D eigenvalue weighted by Crippen LogP contribution is -2.34. The van der Waals surface area contributed by atoms with Crippen molar-refractivity contribution >= 4 is 63.7 Å². The number of carbonyl (C=O) groups is 2. The van der Waals surface area contributed by atoms with E-state index in [0.29, 0.717) is 33.4 Å². The Balaban J connectivity index is 2.07. The van der Waals surface area contributed by atoms with Crippen LogP contribution in [0.2, 0.25) is 10.0 Å². The van der Waals surface area contributed by atoms with E-state index < -0.39 is 5.91 Å². The predicted octanol–water partition coefficient (Wildman–Crippen LogP) is 4.47. The van der Waals surface area contributed by atoms with Gasteiger partial charge in [0.05, 0.1) is 21.3 Å². The Morgan fingerprint density at radius 1 is 1.04 bits per heavy atom. The minimum Gasteiger partial charge on any atom is -0.331 e. The third-order valence-electron chi connectivity index (χ3n) is 3.16. The molecule has 3 N–H and O–H groups in total. The summed E-state index contributed by atoms with van der Waals surface area (Å²) in [5.74, 6) is -0.558. The van der Waals surface area contributed by atoms with Gasteiger partial charge in [-0.15, -0.1) is 0 Å². The van der Waals surface area contributed by atoms with Gasteiger partial charge in [-0.05, 0) is 42.5 Å². The molecule has 2 rings (SSSR count). The highest BCUT2D eigenvalue weighted by Crippen LogP contribution is 2.25. The normalized spacial score (nSPS) is 10.0. The maximum Gasteiger partial charge on any atom is 0.258 e. The molecule has 0 radical (unpaired) electrons. The minimum atomic E-state index is -0.435. The van der Waals surface area contributed by atoms with E-state index in [0.717, 1.165) is 0 Å². The number of benzene rings is 2. The zero-order chi connectivity index (χ0) is 18.4. The van der Waals surface area contributed by atoms with Gasteiger partial charge in [0.15, 0.2) is 5.11 Å². The van der Waals surface area contributed by atoms with Crippen LogP contribution in [0.1, 0.15) is 23.7 Å². The molecule has 0 aliphatic carbocycles. The molecule has 0 spiro atoms. The van der Waals surface area contributed by atoms with Gasteiger partial charge in [0.2, 0.25) is 5.91 Å². The number of halogens is 2. The average Bonchev–Trinajstić information content (AvgIpc) is 2.58. The lowest BCUT2D eigenvalue weighted by atomic mass is 10.2. The molecule has 130 valence electrons. The van der Waals surface area contributed by atoms with Crippen molar-refractivity contribution in [1.29, 1.82) is 0 Å². The van der Waals surface area contributed by atoms with Crippen molar-refractivity contribution in [2.24, 2.45) is 0 Å². The monoisotopic (exact) mass is 395 g/mol. The first-order valence-electron chi connectivity index (χ1n) is 7.37. The van der Waals surface area contributed by atoms with Gasteiger partial charge in [0.1, 0.15) is 0 Å². The van der Waals surface area contributed by atoms with Crippen molar-refractivity contribution in [2.75, 3.05) is 10.6 Å². The standard InChI is InChI=1S/C17H15Cl2N3O2S/c1-2-15(23)20-10-7-8-13(19)14(9-10)21-17(25)22-16(24)11-5-3-4-6-12(11)18/h3-9H,2H2,1H3,(H,20,23)(H2,21,22,24,25). The first-order chi connectivity index (χ1) is 11.9. The summed E-state index contributed by atoms with van der Waals surface area (Å²) in [5, 5.41) is 8.87. The van der Waals surface area contributed by atoms with Gasteiger partial charge in [-0.2, -0.15) is 0 Å². The molecule has 0 heterocycles. The SMILES string of the molecule is CCC(=O)Nc1ccc(Cl)c(NC(=S)NC(=O)c2ccccc2Cl)c1. The van der Waals surface area contributed by atoms with E-state index in [1.54, 1.807) is 49.4 Å². The zero-order valence-corrected chi connectivity index (χ0v) is 15.6. The van der Waals surface area contributed by atoms with Crippen LogP contribution in [0, 0.1) is 0 Å². The van der Waals surface area contributed by atoms with Crippen LogP contribution in [0.3, 0.4) is 0 Å². The van der Waals surface area contributed by atoms with Crippen LogP contribution in [-0.4, -0.2) is 16.9 Å². The number of amides is 2. The van der Waals surface area contributed by atoms with Gasteiger partial charge < -0.3 is 10.6 Å². The van der Waals surface area contributed by atoms with E-state index in [2.05, 4.69) is 16.0 Å². The zero-order valence-electron chi connectivity index (χ0n) is 13.2. The van der Waals surface area contributed by atoms with Gasteiger partial charge in [-0.3, -0.25) is 14.9 Å².